The predicted molar refractivity (Wildman–Crippen MR) is 399 cm³/mol. The van der Waals surface area contributed by atoms with E-state index >= 15 is 0 Å². The number of fused-ring (bicyclic) bond motifs is 6. The van der Waals surface area contributed by atoms with Gasteiger partial charge >= 0.3 is 0 Å². The minimum absolute atomic E-state index is 0.395. The molecule has 0 amide bonds. The van der Waals surface area contributed by atoms with Gasteiger partial charge in [-0.1, -0.05) is 224 Å². The zero-order valence-corrected chi connectivity index (χ0v) is 52.8. The molecule has 0 atom stereocenters. The first kappa shape index (κ1) is 58.0. The van der Waals surface area contributed by atoms with Gasteiger partial charge in [-0.15, -0.1) is 0 Å². The van der Waals surface area contributed by atoms with E-state index < -0.39 is 0 Å². The maximum Gasteiger partial charge on any atom is 0.187 e. The van der Waals surface area contributed by atoms with Gasteiger partial charge in [-0.3, -0.25) is 0 Å². The van der Waals surface area contributed by atoms with E-state index in [1.54, 1.807) is 0 Å². The first-order chi connectivity index (χ1) is 48.4. The zero-order valence-electron chi connectivity index (χ0n) is 52.8. The second-order valence-electron chi connectivity index (χ2n) is 24.4. The maximum absolute atomic E-state index is 10.5. The summed E-state index contributed by atoms with van der Waals surface area (Å²) in [5.74, 6) is 1.19. The molecule has 0 radical (unpaired) electrons. The van der Waals surface area contributed by atoms with Crippen LogP contribution >= 0.6 is 0 Å². The molecule has 17 rings (SSSR count). The Bertz CT molecular complexity index is 5630. The fourth-order valence-electron chi connectivity index (χ4n) is 13.9. The Labute approximate surface area is 566 Å². The summed E-state index contributed by atoms with van der Waals surface area (Å²) in [6.45, 7) is 8.11. The Hall–Kier alpha value is -13.8. The first-order valence-electron chi connectivity index (χ1n) is 32.4. The minimum atomic E-state index is 0.395. The summed E-state index contributed by atoms with van der Waals surface area (Å²) in [6, 6.07) is 118. The molecule has 3 aromatic heterocycles. The summed E-state index contributed by atoms with van der Waals surface area (Å²) in [5.41, 5.74) is 23.2. The third-order valence-electron chi connectivity index (χ3n) is 18.7. The van der Waals surface area contributed by atoms with Gasteiger partial charge in [0, 0.05) is 38.2 Å². The summed E-state index contributed by atoms with van der Waals surface area (Å²) < 4.78 is 4.68. The van der Waals surface area contributed by atoms with E-state index in [-0.39, 0.29) is 0 Å². The normalized spacial score (nSPS) is 11.2. The fourth-order valence-corrected chi connectivity index (χ4v) is 13.9. The van der Waals surface area contributed by atoms with Crippen molar-refractivity contribution in [3.63, 3.8) is 0 Å². The number of nitriles is 2. The third kappa shape index (κ3) is 10.5. The van der Waals surface area contributed by atoms with Crippen LogP contribution in [0.25, 0.3) is 172 Å². The molecule has 0 bridgehead atoms. The molecule has 8 heteroatoms. The topological polar surface area (TPSA) is 100 Å². The van der Waals surface area contributed by atoms with Crippen LogP contribution in [0.2, 0.25) is 0 Å². The molecule has 0 aliphatic heterocycles. The van der Waals surface area contributed by atoms with E-state index in [1.165, 1.54) is 0 Å². The fraction of sp³-hybridized carbons (Fsp3) is 0. The van der Waals surface area contributed by atoms with E-state index in [9.17, 15) is 10.5 Å². The van der Waals surface area contributed by atoms with Crippen molar-refractivity contribution < 1.29 is 0 Å². The van der Waals surface area contributed by atoms with Crippen molar-refractivity contribution in [3.8, 4) is 136 Å². The highest BCUT2D eigenvalue weighted by molar-refractivity contribution is 6.14. The molecule has 0 fully saturated rings. The molecule has 0 aliphatic carbocycles. The third-order valence-corrected chi connectivity index (χ3v) is 18.7. The number of nitrogens with zero attached hydrogens (tertiary/aromatic N) is 8. The molecular formula is C90H54N8. The largest absolute Gasteiger partial charge is 0.308 e. The van der Waals surface area contributed by atoms with Crippen LogP contribution in [-0.4, -0.2) is 24.1 Å². The van der Waals surface area contributed by atoms with Crippen molar-refractivity contribution in [2.75, 3.05) is 0 Å². The van der Waals surface area contributed by atoms with Gasteiger partial charge in [-0.2, -0.15) is 10.5 Å². The number of rotatable bonds is 12. The Morgan fingerprint density at radius 1 is 0.265 bits per heavy atom. The molecule has 3 heterocycles. The van der Waals surface area contributed by atoms with Crippen molar-refractivity contribution in [1.82, 2.24) is 24.1 Å². The molecule has 0 saturated carbocycles. The standard InChI is InChI=1S/C90H54N8/c1-93-74-33-18-30-64(49-74)70-40-46-87(98-84-43-37-67(61-24-10-4-11-25-61)52-78(84)79-53-68(38-44-85(79)98)62-26-12-5-13-27-62)81(55-70)90-95-88(72-32-17-31-71(48-72)75-34-15-14-28-73(75)57-92)94-89(96-90)80-54-69(63-29-16-19-58(47-63)56-91)39-45-86(80)97-82-41-35-65(59-20-6-2-7-21-59)50-76(82)77-51-66(36-42-83(77)97)60-22-8-3-9-23-60/h2-55H. The number of hydrogen-bond acceptors (Lipinski definition) is 5. The van der Waals surface area contributed by atoms with Crippen LogP contribution in [-0.2, 0) is 0 Å². The van der Waals surface area contributed by atoms with E-state index in [0.29, 0.717) is 51.0 Å². The predicted octanol–water partition coefficient (Wildman–Crippen LogP) is 23.0. The summed E-state index contributed by atoms with van der Waals surface area (Å²) in [5, 5.41) is 25.1. The molecule has 8 nitrogen and oxygen atoms in total. The lowest BCUT2D eigenvalue weighted by Crippen LogP contribution is -2.06. The molecule has 14 aromatic carbocycles. The van der Waals surface area contributed by atoms with Gasteiger partial charge in [-0.05, 0) is 181 Å². The van der Waals surface area contributed by atoms with Crippen molar-refractivity contribution in [1.29, 1.82) is 10.5 Å². The van der Waals surface area contributed by atoms with Crippen molar-refractivity contribution >= 4 is 49.3 Å². The van der Waals surface area contributed by atoms with E-state index in [0.717, 1.165) is 133 Å². The molecule has 0 N–H and O–H groups in total. The van der Waals surface area contributed by atoms with Crippen LogP contribution < -0.4 is 0 Å². The van der Waals surface area contributed by atoms with Gasteiger partial charge in [0.25, 0.3) is 0 Å². The second kappa shape index (κ2) is 24.6. The van der Waals surface area contributed by atoms with Crippen LogP contribution in [0.4, 0.5) is 5.69 Å². The van der Waals surface area contributed by atoms with E-state index in [2.05, 4.69) is 238 Å². The lowest BCUT2D eigenvalue weighted by molar-refractivity contribution is 1.06. The van der Waals surface area contributed by atoms with Crippen LogP contribution in [0.5, 0.6) is 0 Å². The monoisotopic (exact) mass is 1250 g/mol. The van der Waals surface area contributed by atoms with Gasteiger partial charge in [0.15, 0.2) is 23.2 Å². The summed E-state index contributed by atoms with van der Waals surface area (Å²) in [4.78, 5) is 21.0. The summed E-state index contributed by atoms with van der Waals surface area (Å²) in [7, 11) is 0. The number of aromatic nitrogens is 5. The lowest BCUT2D eigenvalue weighted by Gasteiger charge is -2.18. The van der Waals surface area contributed by atoms with Gasteiger partial charge in [-0.25, -0.2) is 19.8 Å². The van der Waals surface area contributed by atoms with Crippen molar-refractivity contribution in [3.05, 3.63) is 350 Å². The van der Waals surface area contributed by atoms with Gasteiger partial charge < -0.3 is 9.13 Å². The molecule has 0 saturated heterocycles. The first-order valence-corrected chi connectivity index (χ1v) is 32.4. The minimum Gasteiger partial charge on any atom is -0.308 e. The van der Waals surface area contributed by atoms with Crippen LogP contribution in [0.15, 0.2) is 328 Å². The average molecular weight is 1250 g/mol. The Kier molecular flexibility index (Phi) is 14.5. The van der Waals surface area contributed by atoms with E-state index in [1.807, 2.05) is 115 Å². The van der Waals surface area contributed by atoms with Crippen molar-refractivity contribution in [2.45, 2.75) is 0 Å². The SMILES string of the molecule is [C-]#[N+]c1cccc(-c2ccc(-n3c4ccc(-c5ccccc5)cc4c4cc(-c5ccccc5)ccc43)c(-c3nc(-c4cccc(-c5ccccc5C#N)c4)nc(-c4cc(-c5cccc(C#N)c5)ccc4-n4c5ccc(-c6ccccc6)cc5c5cc(-c6ccccc6)ccc54)n3)c2)c1. The molecular weight excluding hydrogens is 1190 g/mol. The zero-order chi connectivity index (χ0) is 65.6. The molecule has 17 aromatic rings. The highest BCUT2D eigenvalue weighted by Gasteiger charge is 2.25. The van der Waals surface area contributed by atoms with Crippen LogP contribution in [0.3, 0.4) is 0 Å². The van der Waals surface area contributed by atoms with Gasteiger partial charge in [0.1, 0.15) is 0 Å². The number of hydrogen-bond donors (Lipinski definition) is 0. The maximum atomic E-state index is 10.5. The molecule has 98 heavy (non-hydrogen) atoms. The Morgan fingerprint density at radius 3 is 1.07 bits per heavy atom. The molecule has 0 aliphatic rings. The molecule has 0 spiro atoms. The number of benzene rings is 14. The average Bonchev–Trinajstić information content (AvgIpc) is 1.58. The Morgan fingerprint density at radius 2 is 0.622 bits per heavy atom. The highest BCUT2D eigenvalue weighted by Crippen LogP contribution is 2.45. The quantitative estimate of drug-likeness (QED) is 0.113. The van der Waals surface area contributed by atoms with Crippen molar-refractivity contribution in [2.24, 2.45) is 0 Å². The smallest absolute Gasteiger partial charge is 0.187 e. The Balaban J connectivity index is 0.976. The van der Waals surface area contributed by atoms with Gasteiger partial charge in [0.2, 0.25) is 0 Å². The molecule has 454 valence electrons. The van der Waals surface area contributed by atoms with Crippen LogP contribution in [0.1, 0.15) is 11.1 Å². The lowest BCUT2D eigenvalue weighted by atomic mass is 9.98. The second-order valence-corrected chi connectivity index (χ2v) is 24.4. The molecule has 0 unspecified atom stereocenters. The summed E-state index contributed by atoms with van der Waals surface area (Å²) in [6.07, 6.45) is 0. The van der Waals surface area contributed by atoms with Crippen LogP contribution in [0, 0.1) is 29.2 Å². The van der Waals surface area contributed by atoms with E-state index in [4.69, 9.17) is 21.5 Å². The van der Waals surface area contributed by atoms with Gasteiger partial charge in [0.05, 0.1) is 63.3 Å². The highest BCUT2D eigenvalue weighted by atomic mass is 15.1. The summed E-state index contributed by atoms with van der Waals surface area (Å²) >= 11 is 0.